The van der Waals surface area contributed by atoms with E-state index in [2.05, 4.69) is 40.5 Å². The number of nitrogens with zero attached hydrogens (tertiary/aromatic N) is 5. The Morgan fingerprint density at radius 1 is 1.26 bits per heavy atom. The second-order valence-corrected chi connectivity index (χ2v) is 10.3. The topological polar surface area (TPSA) is 83.1 Å². The molecule has 38 heavy (non-hydrogen) atoms. The lowest BCUT2D eigenvalue weighted by molar-refractivity contribution is -0.133. The van der Waals surface area contributed by atoms with Crippen molar-refractivity contribution in [3.05, 3.63) is 46.1 Å². The van der Waals surface area contributed by atoms with Gasteiger partial charge >= 0.3 is 0 Å². The maximum absolute atomic E-state index is 12.0. The molecule has 1 saturated heterocycles. The van der Waals surface area contributed by atoms with Crippen molar-refractivity contribution in [1.82, 2.24) is 19.8 Å². The first-order chi connectivity index (χ1) is 18.2. The van der Waals surface area contributed by atoms with Gasteiger partial charge in [-0.25, -0.2) is 4.98 Å². The quantitative estimate of drug-likeness (QED) is 0.430. The number of methoxy groups -OCH3 is 2. The lowest BCUT2D eigenvalue weighted by Gasteiger charge is -2.47. The number of rotatable bonds is 10. The Balaban J connectivity index is 1.65. The van der Waals surface area contributed by atoms with Crippen LogP contribution in [0.5, 0.6) is 11.5 Å². The summed E-state index contributed by atoms with van der Waals surface area (Å²) in [6.07, 6.45) is 5.18. The number of ether oxygens (including phenoxy) is 2. The van der Waals surface area contributed by atoms with Gasteiger partial charge in [0, 0.05) is 75.2 Å². The van der Waals surface area contributed by atoms with Gasteiger partial charge in [0.25, 0.3) is 0 Å². The number of anilines is 2. The van der Waals surface area contributed by atoms with Gasteiger partial charge in [-0.05, 0) is 31.6 Å². The molecule has 9 nitrogen and oxygen atoms in total. The fourth-order valence-electron chi connectivity index (χ4n) is 4.95. The van der Waals surface area contributed by atoms with Gasteiger partial charge in [-0.1, -0.05) is 29.8 Å². The molecule has 1 fully saturated rings. The van der Waals surface area contributed by atoms with E-state index in [-0.39, 0.29) is 5.91 Å². The van der Waals surface area contributed by atoms with Gasteiger partial charge in [0.1, 0.15) is 17.3 Å². The van der Waals surface area contributed by atoms with E-state index in [9.17, 15) is 4.79 Å². The number of carbonyl (C=O) groups excluding carboxylic acids is 1. The smallest absolute Gasteiger partial charge is 0.246 e. The van der Waals surface area contributed by atoms with Gasteiger partial charge in [-0.2, -0.15) is 4.98 Å². The number of fused-ring (bicyclic) bond motifs is 1. The average molecular weight is 562 g/mol. The highest BCUT2D eigenvalue weighted by atomic mass is 35.5. The maximum atomic E-state index is 12.0. The minimum Gasteiger partial charge on any atom is -0.495 e. The number of hydrogen-bond donors (Lipinski definition) is 1. The zero-order chi connectivity index (χ0) is 27.6. The monoisotopic (exact) mass is 560 g/mol. The summed E-state index contributed by atoms with van der Waals surface area (Å²) in [6, 6.07) is 2.29. The Morgan fingerprint density at radius 2 is 1.92 bits per heavy atom. The zero-order valence-electron chi connectivity index (χ0n) is 22.4. The summed E-state index contributed by atoms with van der Waals surface area (Å²) in [5, 5.41) is 3.87. The van der Waals surface area contributed by atoms with Crippen LogP contribution < -0.4 is 19.7 Å². The van der Waals surface area contributed by atoms with Crippen molar-refractivity contribution in [1.29, 1.82) is 0 Å². The molecular formula is C27H34Cl2N6O3. The summed E-state index contributed by atoms with van der Waals surface area (Å²) in [5.41, 5.74) is 2.44. The highest BCUT2D eigenvalue weighted by Gasteiger charge is 2.35. The van der Waals surface area contributed by atoms with Crippen molar-refractivity contribution in [2.24, 2.45) is 0 Å². The molecule has 11 heteroatoms. The molecule has 204 valence electrons. The number of likely N-dealkylation sites (tertiary alicyclic amines) is 1. The van der Waals surface area contributed by atoms with Crippen LogP contribution in [0, 0.1) is 0 Å². The van der Waals surface area contributed by atoms with Gasteiger partial charge in [0.15, 0.2) is 0 Å². The molecule has 1 aromatic carbocycles. The average Bonchev–Trinajstić information content (AvgIpc) is 2.89. The summed E-state index contributed by atoms with van der Waals surface area (Å²) >= 11 is 13.5. The molecule has 2 aromatic rings. The second kappa shape index (κ2) is 11.8. The van der Waals surface area contributed by atoms with Gasteiger partial charge in [0.05, 0.1) is 24.3 Å². The molecule has 0 bridgehead atoms. The van der Waals surface area contributed by atoms with Gasteiger partial charge in [-0.15, -0.1) is 0 Å². The fourth-order valence-corrected chi connectivity index (χ4v) is 5.69. The minimum atomic E-state index is -0.0246. The third-order valence-corrected chi connectivity index (χ3v) is 7.76. The van der Waals surface area contributed by atoms with Crippen LogP contribution in [0.3, 0.4) is 0 Å². The Labute approximate surface area is 234 Å². The predicted molar refractivity (Wildman–Crippen MR) is 154 cm³/mol. The van der Waals surface area contributed by atoms with E-state index >= 15 is 0 Å². The van der Waals surface area contributed by atoms with Crippen molar-refractivity contribution >= 4 is 52.5 Å². The molecule has 2 aliphatic heterocycles. The van der Waals surface area contributed by atoms with Crippen molar-refractivity contribution < 1.29 is 14.3 Å². The van der Waals surface area contributed by atoms with E-state index in [1.165, 1.54) is 6.08 Å². The lowest BCUT2D eigenvalue weighted by Crippen LogP contribution is -2.63. The van der Waals surface area contributed by atoms with Crippen LogP contribution in [-0.2, 0) is 4.79 Å². The zero-order valence-corrected chi connectivity index (χ0v) is 23.9. The van der Waals surface area contributed by atoms with Crippen molar-refractivity contribution in [2.45, 2.75) is 25.9 Å². The molecule has 3 heterocycles. The molecule has 0 atom stereocenters. The predicted octanol–water partition coefficient (Wildman–Crippen LogP) is 4.31. The molecule has 0 spiro atoms. The van der Waals surface area contributed by atoms with E-state index in [1.807, 2.05) is 11.0 Å². The molecule has 0 aliphatic carbocycles. The number of aromatic nitrogens is 2. The van der Waals surface area contributed by atoms with Crippen LogP contribution in [0.25, 0.3) is 11.6 Å². The third kappa shape index (κ3) is 5.41. The van der Waals surface area contributed by atoms with Crippen LogP contribution >= 0.6 is 23.2 Å². The Bertz CT molecular complexity index is 1220. The highest BCUT2D eigenvalue weighted by Crippen LogP contribution is 2.45. The minimum absolute atomic E-state index is 0.0246. The van der Waals surface area contributed by atoms with Crippen LogP contribution in [0.4, 0.5) is 11.8 Å². The van der Waals surface area contributed by atoms with Crippen LogP contribution in [0.1, 0.15) is 25.0 Å². The van der Waals surface area contributed by atoms with E-state index in [0.717, 1.165) is 23.5 Å². The molecule has 1 amide bonds. The Kier molecular flexibility index (Phi) is 8.70. The molecule has 0 saturated carbocycles. The third-order valence-electron chi connectivity index (χ3n) is 7.01. The molecule has 2 aliphatic rings. The van der Waals surface area contributed by atoms with Crippen molar-refractivity contribution in [3.63, 3.8) is 0 Å². The van der Waals surface area contributed by atoms with Crippen LogP contribution in [-0.4, -0.2) is 91.7 Å². The fraction of sp³-hybridized carbons (Fsp3) is 0.444. The first-order valence-corrected chi connectivity index (χ1v) is 13.3. The number of benzene rings is 1. The standard InChI is InChI=1S/C27H34Cl2N6O3/c1-7-22(36)34-14-19(15-34)35(16(2)3)9-8-33-13-18(10-17-12-31-27(30-4)32-26(17)33)23-24(28)20(37-5)11-21(38-6)25(23)29/h7,10-12,16,19H,1,8-9,13-15H2,2-6H3,(H,30,31,32). The Hall–Kier alpha value is -3.01. The molecule has 0 radical (unpaired) electrons. The highest BCUT2D eigenvalue weighted by molar-refractivity contribution is 6.39. The molecular weight excluding hydrogens is 527 g/mol. The van der Waals surface area contributed by atoms with Crippen LogP contribution in [0.15, 0.2) is 24.9 Å². The summed E-state index contributed by atoms with van der Waals surface area (Å²) in [7, 11) is 4.92. The molecule has 4 rings (SSSR count). The van der Waals surface area contributed by atoms with Gasteiger partial charge < -0.3 is 24.6 Å². The van der Waals surface area contributed by atoms with Crippen molar-refractivity contribution in [2.75, 3.05) is 64.2 Å². The van der Waals surface area contributed by atoms with Crippen LogP contribution in [0.2, 0.25) is 10.0 Å². The normalized spacial score (nSPS) is 15.2. The van der Waals surface area contributed by atoms with E-state index in [4.69, 9.17) is 37.7 Å². The van der Waals surface area contributed by atoms with E-state index in [0.29, 0.717) is 71.3 Å². The first kappa shape index (κ1) is 28.0. The van der Waals surface area contributed by atoms with Gasteiger partial charge in [0.2, 0.25) is 11.9 Å². The molecule has 1 N–H and O–H groups in total. The van der Waals surface area contributed by atoms with E-state index < -0.39 is 0 Å². The number of nitrogens with one attached hydrogen (secondary N) is 1. The van der Waals surface area contributed by atoms with E-state index in [1.54, 1.807) is 33.5 Å². The van der Waals surface area contributed by atoms with Crippen molar-refractivity contribution in [3.8, 4) is 11.5 Å². The molecule has 0 unspecified atom stereocenters. The SMILES string of the molecule is C=CC(=O)N1CC(N(CCN2CC(c3c(Cl)c(OC)cc(OC)c3Cl)=Cc3cnc(NC)nc32)C(C)C)C1. The number of carbonyl (C=O) groups is 1. The summed E-state index contributed by atoms with van der Waals surface area (Å²) in [4.78, 5) is 27.6. The summed E-state index contributed by atoms with van der Waals surface area (Å²) < 4.78 is 11.0. The summed E-state index contributed by atoms with van der Waals surface area (Å²) in [5.74, 6) is 2.32. The lowest BCUT2D eigenvalue weighted by atomic mass is 9.98. The summed E-state index contributed by atoms with van der Waals surface area (Å²) in [6.45, 7) is 11.4. The first-order valence-electron chi connectivity index (χ1n) is 12.5. The Morgan fingerprint density at radius 3 is 2.47 bits per heavy atom. The maximum Gasteiger partial charge on any atom is 0.246 e. The number of amides is 1. The largest absolute Gasteiger partial charge is 0.495 e. The molecule has 1 aromatic heterocycles. The van der Waals surface area contributed by atoms with Gasteiger partial charge in [-0.3, -0.25) is 9.69 Å². The number of hydrogen-bond acceptors (Lipinski definition) is 8. The number of halogens is 2. The second-order valence-electron chi connectivity index (χ2n) is 9.53.